The van der Waals surface area contributed by atoms with Crippen LogP contribution in [0.1, 0.15) is 0 Å². The van der Waals surface area contributed by atoms with Crippen LogP contribution < -0.4 is 0 Å². The van der Waals surface area contributed by atoms with Crippen LogP contribution in [0, 0.1) is 0 Å². The van der Waals surface area contributed by atoms with E-state index in [1.165, 1.54) is 24.3 Å². The van der Waals surface area contributed by atoms with E-state index in [1.54, 1.807) is 0 Å². The van der Waals surface area contributed by atoms with Gasteiger partial charge >= 0.3 is 6.09 Å². The number of carbonyl (C=O) groups excluding carboxylic acids is 1. The predicted octanol–water partition coefficient (Wildman–Crippen LogP) is 1.48. The highest BCUT2D eigenvalue weighted by Gasteiger charge is 2.34. The lowest BCUT2D eigenvalue weighted by Crippen LogP contribution is -2.31. The molecule has 0 spiro atoms. The van der Waals surface area contributed by atoms with Gasteiger partial charge in [-0.25, -0.2) is 13.2 Å². The first kappa shape index (κ1) is 11.2. The normalized spacial score (nSPS) is 16.3. The summed E-state index contributed by atoms with van der Waals surface area (Å²) in [5.74, 6) is 0. The fourth-order valence-corrected chi connectivity index (χ4v) is 2.76. The van der Waals surface area contributed by atoms with Crippen LogP contribution in [0.5, 0.6) is 0 Å². The van der Waals surface area contributed by atoms with Gasteiger partial charge in [-0.1, -0.05) is 11.6 Å². The highest BCUT2D eigenvalue weighted by atomic mass is 35.5. The Bertz CT molecular complexity index is 511. The van der Waals surface area contributed by atoms with E-state index in [2.05, 4.69) is 4.74 Å². The van der Waals surface area contributed by atoms with Crippen molar-refractivity contribution in [3.63, 3.8) is 0 Å². The largest absolute Gasteiger partial charge is 0.447 e. The summed E-state index contributed by atoms with van der Waals surface area (Å²) < 4.78 is 29.2. The third-order valence-corrected chi connectivity index (χ3v) is 4.16. The van der Waals surface area contributed by atoms with Crippen molar-refractivity contribution in [2.24, 2.45) is 0 Å². The lowest BCUT2D eigenvalue weighted by molar-refractivity contribution is 0.170. The third kappa shape index (κ3) is 1.85. The van der Waals surface area contributed by atoms with E-state index in [4.69, 9.17) is 11.6 Å². The van der Waals surface area contributed by atoms with Crippen molar-refractivity contribution in [1.29, 1.82) is 0 Å². The van der Waals surface area contributed by atoms with Crippen LogP contribution in [-0.2, 0) is 14.8 Å². The number of hydrogen-bond donors (Lipinski definition) is 0. The van der Waals surface area contributed by atoms with Gasteiger partial charge in [-0.15, -0.1) is 0 Å². The summed E-state index contributed by atoms with van der Waals surface area (Å²) in [6.45, 7) is 0.134. The van der Waals surface area contributed by atoms with Crippen molar-refractivity contribution < 1.29 is 17.9 Å². The van der Waals surface area contributed by atoms with E-state index < -0.39 is 16.1 Å². The zero-order valence-corrected chi connectivity index (χ0v) is 9.66. The summed E-state index contributed by atoms with van der Waals surface area (Å²) in [4.78, 5) is 11.2. The Morgan fingerprint density at radius 1 is 1.25 bits per heavy atom. The van der Waals surface area contributed by atoms with Crippen LogP contribution in [0.3, 0.4) is 0 Å². The third-order valence-electron chi connectivity index (χ3n) is 2.13. The van der Waals surface area contributed by atoms with Gasteiger partial charge in [-0.05, 0) is 24.3 Å². The molecule has 0 N–H and O–H groups in total. The fourth-order valence-electron chi connectivity index (χ4n) is 1.33. The number of hydrogen-bond acceptors (Lipinski definition) is 4. The summed E-state index contributed by atoms with van der Waals surface area (Å²) in [5, 5.41) is 0.433. The van der Waals surface area contributed by atoms with Gasteiger partial charge in [0, 0.05) is 5.02 Å². The molecule has 1 fully saturated rings. The lowest BCUT2D eigenvalue weighted by Gasteiger charge is -2.13. The number of nitrogens with zero attached hydrogens (tertiary/aromatic N) is 1. The number of ether oxygens (including phenoxy) is 1. The van der Waals surface area contributed by atoms with E-state index in [0.29, 0.717) is 9.33 Å². The second-order valence-corrected chi connectivity index (χ2v) is 5.44. The monoisotopic (exact) mass is 261 g/mol. The van der Waals surface area contributed by atoms with E-state index in [0.717, 1.165) is 0 Å². The molecule has 1 saturated heterocycles. The molecule has 1 aliphatic heterocycles. The smallest absolute Gasteiger partial charge is 0.424 e. The Labute approximate surface area is 97.6 Å². The average Bonchev–Trinajstić information content (AvgIpc) is 2.66. The lowest BCUT2D eigenvalue weighted by atomic mass is 10.4. The molecule has 0 bridgehead atoms. The van der Waals surface area contributed by atoms with Crippen LogP contribution in [-0.4, -0.2) is 32.0 Å². The molecule has 2 rings (SSSR count). The summed E-state index contributed by atoms with van der Waals surface area (Å²) in [6, 6.07) is 5.61. The number of cyclic esters (lactones) is 1. The summed E-state index contributed by atoms with van der Waals surface area (Å²) in [5.41, 5.74) is 0. The number of benzene rings is 1. The van der Waals surface area contributed by atoms with Gasteiger partial charge in [0.05, 0.1) is 11.4 Å². The first-order chi connectivity index (χ1) is 7.51. The molecule has 1 aliphatic rings. The minimum atomic E-state index is -3.80. The van der Waals surface area contributed by atoms with Crippen molar-refractivity contribution in [3.05, 3.63) is 29.3 Å². The molecule has 16 heavy (non-hydrogen) atoms. The highest BCUT2D eigenvalue weighted by molar-refractivity contribution is 7.89. The van der Waals surface area contributed by atoms with Crippen LogP contribution in [0.2, 0.25) is 5.02 Å². The maximum atomic E-state index is 11.9. The standard InChI is InChI=1S/C9H8ClNO4S/c10-7-1-3-8(4-2-7)16(13,14)11-5-6-15-9(11)12/h1-4H,5-6H2. The van der Waals surface area contributed by atoms with Crippen molar-refractivity contribution >= 4 is 27.7 Å². The molecule has 1 heterocycles. The molecule has 5 nitrogen and oxygen atoms in total. The molecule has 1 aromatic carbocycles. The Kier molecular flexibility index (Phi) is 2.77. The van der Waals surface area contributed by atoms with Gasteiger partial charge in [0.25, 0.3) is 10.0 Å². The van der Waals surface area contributed by atoms with Crippen molar-refractivity contribution in [2.75, 3.05) is 13.2 Å². The van der Waals surface area contributed by atoms with Crippen LogP contribution in [0.15, 0.2) is 29.2 Å². The quantitative estimate of drug-likeness (QED) is 0.809. The summed E-state index contributed by atoms with van der Waals surface area (Å²) in [6.07, 6.45) is -0.838. The first-order valence-electron chi connectivity index (χ1n) is 4.47. The molecule has 0 radical (unpaired) electrons. The molecular formula is C9H8ClNO4S. The summed E-state index contributed by atoms with van der Waals surface area (Å²) in [7, 11) is -3.80. The number of amides is 1. The predicted molar refractivity (Wildman–Crippen MR) is 56.7 cm³/mol. The second-order valence-electron chi connectivity index (χ2n) is 3.15. The zero-order valence-electron chi connectivity index (χ0n) is 8.09. The topological polar surface area (TPSA) is 63.7 Å². The van der Waals surface area contributed by atoms with Gasteiger partial charge in [-0.3, -0.25) is 0 Å². The highest BCUT2D eigenvalue weighted by Crippen LogP contribution is 2.20. The van der Waals surface area contributed by atoms with Gasteiger partial charge in [0.15, 0.2) is 0 Å². The van der Waals surface area contributed by atoms with Gasteiger partial charge in [0.1, 0.15) is 6.61 Å². The summed E-state index contributed by atoms with van der Waals surface area (Å²) >= 11 is 5.65. The van der Waals surface area contributed by atoms with Crippen LogP contribution >= 0.6 is 11.6 Å². The molecule has 0 aromatic heterocycles. The SMILES string of the molecule is O=C1OCCN1S(=O)(=O)c1ccc(Cl)cc1. The van der Waals surface area contributed by atoms with Crippen LogP contribution in [0.25, 0.3) is 0 Å². The number of rotatable bonds is 2. The first-order valence-corrected chi connectivity index (χ1v) is 6.29. The van der Waals surface area contributed by atoms with Crippen molar-refractivity contribution in [1.82, 2.24) is 4.31 Å². The van der Waals surface area contributed by atoms with Gasteiger partial charge in [-0.2, -0.15) is 4.31 Å². The van der Waals surface area contributed by atoms with E-state index in [1.807, 2.05) is 0 Å². The average molecular weight is 262 g/mol. The fraction of sp³-hybridized carbons (Fsp3) is 0.222. The molecule has 0 saturated carbocycles. The van der Waals surface area contributed by atoms with E-state index >= 15 is 0 Å². The Balaban J connectivity index is 2.39. The minimum absolute atomic E-state index is 0.0238. The molecule has 0 aliphatic carbocycles. The van der Waals surface area contributed by atoms with E-state index in [-0.39, 0.29) is 18.0 Å². The number of carbonyl (C=O) groups is 1. The number of halogens is 1. The maximum absolute atomic E-state index is 11.9. The zero-order chi connectivity index (χ0) is 11.8. The molecular weight excluding hydrogens is 254 g/mol. The Morgan fingerprint density at radius 2 is 1.88 bits per heavy atom. The maximum Gasteiger partial charge on any atom is 0.424 e. The molecule has 7 heteroatoms. The second kappa shape index (κ2) is 3.95. The molecule has 0 unspecified atom stereocenters. The Hall–Kier alpha value is -1.27. The van der Waals surface area contributed by atoms with Crippen molar-refractivity contribution in [2.45, 2.75) is 4.90 Å². The number of sulfonamides is 1. The molecule has 1 amide bonds. The minimum Gasteiger partial charge on any atom is -0.447 e. The van der Waals surface area contributed by atoms with Crippen molar-refractivity contribution in [3.8, 4) is 0 Å². The molecule has 1 aromatic rings. The molecule has 0 atom stereocenters. The Morgan fingerprint density at radius 3 is 2.38 bits per heavy atom. The van der Waals surface area contributed by atoms with Crippen LogP contribution in [0.4, 0.5) is 4.79 Å². The molecule has 86 valence electrons. The van der Waals surface area contributed by atoms with Gasteiger partial charge in [0.2, 0.25) is 0 Å². The van der Waals surface area contributed by atoms with E-state index in [9.17, 15) is 13.2 Å². The van der Waals surface area contributed by atoms with Gasteiger partial charge < -0.3 is 4.74 Å².